The molecule has 42 heavy (non-hydrogen) atoms. The number of carbonyl (C=O) groups is 3. The average molecular weight is 606 g/mol. The summed E-state index contributed by atoms with van der Waals surface area (Å²) < 4.78 is 6.80. The lowest BCUT2D eigenvalue weighted by Gasteiger charge is -2.31. The summed E-state index contributed by atoms with van der Waals surface area (Å²) in [5.41, 5.74) is 2.47. The van der Waals surface area contributed by atoms with Gasteiger partial charge in [0.15, 0.2) is 0 Å². The first kappa shape index (κ1) is 28.7. The molecule has 2 unspecified atom stereocenters. The van der Waals surface area contributed by atoms with Crippen LogP contribution in [0.4, 0.5) is 5.69 Å². The Morgan fingerprint density at radius 3 is 2.21 bits per heavy atom. The average Bonchev–Trinajstić information content (AvgIpc) is 3.43. The Balaban J connectivity index is 1.43. The molecule has 2 aromatic carbocycles. The zero-order valence-corrected chi connectivity index (χ0v) is 25.9. The van der Waals surface area contributed by atoms with E-state index in [4.69, 9.17) is 4.74 Å². The molecule has 0 N–H and O–H groups in total. The fraction of sp³-hybridized carbons (Fsp3) is 0.438. The normalized spacial score (nSPS) is 22.2. The molecule has 3 aliphatic rings. The lowest BCUT2D eigenvalue weighted by molar-refractivity contribution is -0.133. The van der Waals surface area contributed by atoms with Gasteiger partial charge in [0.1, 0.15) is 17.5 Å². The van der Waals surface area contributed by atoms with E-state index in [1.165, 1.54) is 21.2 Å². The van der Waals surface area contributed by atoms with E-state index in [1.807, 2.05) is 17.0 Å². The molecule has 2 fully saturated rings. The van der Waals surface area contributed by atoms with Crippen molar-refractivity contribution in [2.45, 2.75) is 68.2 Å². The minimum absolute atomic E-state index is 0.0537. The first-order valence-corrected chi connectivity index (χ1v) is 16.1. The first-order chi connectivity index (χ1) is 20.1. The van der Waals surface area contributed by atoms with E-state index in [9.17, 15) is 19.2 Å². The molecule has 1 aromatic heterocycles. The Kier molecular flexibility index (Phi) is 7.55. The monoisotopic (exact) mass is 605 g/mol. The number of fused-ring (bicyclic) bond motifs is 2. The van der Waals surface area contributed by atoms with Crippen LogP contribution < -0.4 is 14.5 Å². The summed E-state index contributed by atoms with van der Waals surface area (Å²) in [5.74, 6) is -1.21. The van der Waals surface area contributed by atoms with Crippen molar-refractivity contribution in [1.29, 1.82) is 0 Å². The van der Waals surface area contributed by atoms with Crippen LogP contribution in [0.25, 0.3) is 0 Å². The number of ether oxygens (including phenoxy) is 1. The number of imide groups is 1. The van der Waals surface area contributed by atoms with Crippen molar-refractivity contribution in [3.05, 3.63) is 74.2 Å². The third-order valence-electron chi connectivity index (χ3n) is 8.52. The highest BCUT2D eigenvalue weighted by Crippen LogP contribution is 2.54. The molecular weight excluding hydrogens is 571 g/mol. The topological polar surface area (TPSA) is 88.9 Å². The quantitative estimate of drug-likeness (QED) is 0.380. The van der Waals surface area contributed by atoms with Crippen molar-refractivity contribution in [2.75, 3.05) is 25.1 Å². The lowest BCUT2D eigenvalue weighted by atomic mass is 9.81. The molecule has 3 atom stereocenters. The molecule has 0 radical (unpaired) electrons. The molecule has 0 saturated carbocycles. The van der Waals surface area contributed by atoms with Gasteiger partial charge in [0.05, 0.1) is 23.7 Å². The number of anilines is 1. The van der Waals surface area contributed by atoms with Gasteiger partial charge in [-0.15, -0.1) is 0 Å². The highest BCUT2D eigenvalue weighted by molar-refractivity contribution is 8.00. The zero-order valence-electron chi connectivity index (χ0n) is 24.3. The number of methoxy groups -OCH3 is 1. The van der Waals surface area contributed by atoms with Crippen molar-refractivity contribution >= 4 is 46.5 Å². The second-order valence-corrected chi connectivity index (χ2v) is 14.3. The zero-order chi connectivity index (χ0) is 29.8. The summed E-state index contributed by atoms with van der Waals surface area (Å²) in [5, 5.41) is -0.0935. The number of aromatic nitrogens is 1. The molecule has 3 aliphatic heterocycles. The Labute approximate surface area is 253 Å². The van der Waals surface area contributed by atoms with Crippen LogP contribution >= 0.6 is 23.1 Å². The van der Waals surface area contributed by atoms with Crippen LogP contribution in [0.15, 0.2) is 58.4 Å². The number of carbonyl (C=O) groups excluding carboxylic acids is 3. The maximum Gasteiger partial charge on any atom is 0.308 e. The number of hydrogen-bond donors (Lipinski definition) is 0. The van der Waals surface area contributed by atoms with E-state index in [-0.39, 0.29) is 34.6 Å². The van der Waals surface area contributed by atoms with E-state index >= 15 is 0 Å². The fourth-order valence-electron chi connectivity index (χ4n) is 6.17. The standard InChI is InChI=1S/C32H35N3O5S2/c1-32(2,3)20-10-8-19(9-11-20)24-25-26(29(38)35(28(25)37)21-12-14-22(40-4)15-13-21)41-30-27(24)42-31(39)34(30)18-23(36)33-16-6-5-7-17-33/h8-15,24-26H,5-7,16-18H2,1-4H3/t24-,25?,26?/m1/s1. The van der Waals surface area contributed by atoms with Crippen molar-refractivity contribution < 1.29 is 19.1 Å². The summed E-state index contributed by atoms with van der Waals surface area (Å²) in [6.07, 6.45) is 3.03. The Hall–Kier alpha value is -3.37. The SMILES string of the molecule is COc1ccc(N2C(=O)C3Sc4c(sc(=O)n4CC(=O)N4CCCCC4)[C@H](c4ccc(C(C)(C)C)cc4)C3C2=O)cc1. The summed E-state index contributed by atoms with van der Waals surface area (Å²) in [7, 11) is 1.57. The third-order valence-corrected chi connectivity index (χ3v) is 11.1. The molecule has 2 saturated heterocycles. The van der Waals surface area contributed by atoms with Crippen LogP contribution in [0.1, 0.15) is 62.0 Å². The number of benzene rings is 2. The van der Waals surface area contributed by atoms with Crippen LogP contribution in [-0.2, 0) is 26.3 Å². The molecule has 8 nitrogen and oxygen atoms in total. The highest BCUT2D eigenvalue weighted by Gasteiger charge is 2.56. The van der Waals surface area contributed by atoms with E-state index in [0.29, 0.717) is 29.6 Å². The van der Waals surface area contributed by atoms with E-state index in [1.54, 1.807) is 31.4 Å². The molecule has 0 bridgehead atoms. The largest absolute Gasteiger partial charge is 0.497 e. The Morgan fingerprint density at radius 1 is 0.929 bits per heavy atom. The Bertz CT molecular complexity index is 1580. The number of rotatable bonds is 5. The van der Waals surface area contributed by atoms with Crippen molar-refractivity contribution in [2.24, 2.45) is 5.92 Å². The minimum atomic E-state index is -0.718. The summed E-state index contributed by atoms with van der Waals surface area (Å²) in [6, 6.07) is 15.1. The van der Waals surface area contributed by atoms with Gasteiger partial charge in [-0.25, -0.2) is 4.90 Å². The molecule has 0 aliphatic carbocycles. The van der Waals surface area contributed by atoms with E-state index < -0.39 is 17.1 Å². The molecular formula is C32H35N3O5S2. The molecule has 3 amide bonds. The molecule has 10 heteroatoms. The second-order valence-electron chi connectivity index (χ2n) is 12.2. The predicted octanol–water partition coefficient (Wildman–Crippen LogP) is 5.02. The van der Waals surface area contributed by atoms with Gasteiger partial charge in [-0.1, -0.05) is 68.1 Å². The summed E-state index contributed by atoms with van der Waals surface area (Å²) in [4.78, 5) is 58.4. The summed E-state index contributed by atoms with van der Waals surface area (Å²) >= 11 is 2.34. The number of thioether (sulfide) groups is 1. The second kappa shape index (κ2) is 11.0. The van der Waals surface area contributed by atoms with Crippen LogP contribution in [-0.4, -0.2) is 52.6 Å². The van der Waals surface area contributed by atoms with Crippen molar-refractivity contribution in [1.82, 2.24) is 9.47 Å². The van der Waals surface area contributed by atoms with Crippen LogP contribution in [0.3, 0.4) is 0 Å². The number of likely N-dealkylation sites (tertiary alicyclic amines) is 1. The maximum absolute atomic E-state index is 14.1. The Morgan fingerprint density at radius 2 is 1.60 bits per heavy atom. The van der Waals surface area contributed by atoms with Gasteiger partial charge in [0.2, 0.25) is 17.7 Å². The van der Waals surface area contributed by atoms with Crippen LogP contribution in [0.2, 0.25) is 0 Å². The fourth-order valence-corrected chi connectivity index (χ4v) is 8.94. The van der Waals surface area contributed by atoms with E-state index in [2.05, 4.69) is 32.9 Å². The number of piperidine rings is 1. The molecule has 3 aromatic rings. The number of thiazole rings is 1. The summed E-state index contributed by atoms with van der Waals surface area (Å²) in [6.45, 7) is 7.77. The van der Waals surface area contributed by atoms with Crippen LogP contribution in [0.5, 0.6) is 5.75 Å². The predicted molar refractivity (Wildman–Crippen MR) is 165 cm³/mol. The van der Waals surface area contributed by atoms with E-state index in [0.717, 1.165) is 46.6 Å². The molecule has 6 rings (SSSR count). The molecule has 4 heterocycles. The smallest absolute Gasteiger partial charge is 0.308 e. The molecule has 220 valence electrons. The third kappa shape index (κ3) is 4.98. The van der Waals surface area contributed by atoms with Gasteiger partial charge >= 0.3 is 4.87 Å². The van der Waals surface area contributed by atoms with Gasteiger partial charge in [0.25, 0.3) is 0 Å². The van der Waals surface area contributed by atoms with Gasteiger partial charge in [-0.2, -0.15) is 0 Å². The van der Waals surface area contributed by atoms with Crippen LogP contribution in [0, 0.1) is 5.92 Å². The number of hydrogen-bond acceptors (Lipinski definition) is 7. The maximum atomic E-state index is 14.1. The van der Waals surface area contributed by atoms with Gasteiger partial charge in [-0.3, -0.25) is 23.7 Å². The lowest BCUT2D eigenvalue weighted by Crippen LogP contribution is -2.39. The van der Waals surface area contributed by atoms with Gasteiger partial charge in [0, 0.05) is 23.9 Å². The highest BCUT2D eigenvalue weighted by atomic mass is 32.2. The van der Waals surface area contributed by atoms with Crippen molar-refractivity contribution in [3.8, 4) is 5.75 Å². The van der Waals surface area contributed by atoms with Gasteiger partial charge < -0.3 is 9.64 Å². The number of nitrogens with zero attached hydrogens (tertiary/aromatic N) is 3. The van der Waals surface area contributed by atoms with Crippen molar-refractivity contribution in [3.63, 3.8) is 0 Å². The van der Waals surface area contributed by atoms with Gasteiger partial charge in [-0.05, 0) is 60.1 Å². The number of amides is 3. The molecule has 0 spiro atoms. The minimum Gasteiger partial charge on any atom is -0.497 e. The first-order valence-electron chi connectivity index (χ1n) is 14.4.